The molecular weight excluding hydrogens is 297 g/mol. The molecule has 0 aliphatic heterocycles. The van der Waals surface area contributed by atoms with Crippen molar-refractivity contribution >= 4 is 22.0 Å². The molecule has 2 rings (SSSR count). The van der Waals surface area contributed by atoms with Crippen LogP contribution in [0.15, 0.2) is 27.7 Å². The summed E-state index contributed by atoms with van der Waals surface area (Å²) in [7, 11) is 0. The highest BCUT2D eigenvalue weighted by Gasteiger charge is 2.36. The van der Waals surface area contributed by atoms with E-state index >= 15 is 0 Å². The minimum absolute atomic E-state index is 0.442. The van der Waals surface area contributed by atoms with Gasteiger partial charge in [0, 0.05) is 4.47 Å². The van der Waals surface area contributed by atoms with Crippen molar-refractivity contribution in [3.8, 4) is 0 Å². The van der Waals surface area contributed by atoms with Gasteiger partial charge in [0.25, 0.3) is 0 Å². The van der Waals surface area contributed by atoms with E-state index in [1.165, 1.54) is 6.92 Å². The van der Waals surface area contributed by atoms with E-state index in [1.807, 2.05) is 12.1 Å². The maximum atomic E-state index is 13.3. The number of aliphatic imine (C=N–C) groups is 1. The van der Waals surface area contributed by atoms with E-state index in [4.69, 9.17) is 0 Å². The maximum Gasteiger partial charge on any atom is 0.235 e. The summed E-state index contributed by atoms with van der Waals surface area (Å²) in [5, 5.41) is 0. The fourth-order valence-corrected chi connectivity index (χ4v) is 3.35. The van der Waals surface area contributed by atoms with Crippen molar-refractivity contribution in [2.24, 2.45) is 4.99 Å². The van der Waals surface area contributed by atoms with Crippen molar-refractivity contribution in [1.29, 1.82) is 0 Å². The lowest BCUT2D eigenvalue weighted by Gasteiger charge is -2.23. The second kappa shape index (κ2) is 5.33. The lowest BCUT2D eigenvalue weighted by Crippen LogP contribution is -2.19. The van der Waals surface area contributed by atoms with Crippen molar-refractivity contribution in [2.45, 2.75) is 44.3 Å². The van der Waals surface area contributed by atoms with Crippen LogP contribution in [0.1, 0.15) is 49.9 Å². The minimum atomic E-state index is -1.01. The quantitative estimate of drug-likeness (QED) is 0.593. The molecule has 1 saturated carbocycles. The van der Waals surface area contributed by atoms with Crippen LogP contribution in [-0.4, -0.2) is 6.08 Å². The third-order valence-corrected chi connectivity index (χ3v) is 4.34. The van der Waals surface area contributed by atoms with Gasteiger partial charge in [0.1, 0.15) is 6.17 Å². The Morgan fingerprint density at radius 3 is 2.61 bits per heavy atom. The number of hydrogen-bond acceptors (Lipinski definition) is 2. The molecule has 0 heterocycles. The molecule has 0 radical (unpaired) electrons. The fourth-order valence-electron chi connectivity index (χ4n) is 2.65. The summed E-state index contributed by atoms with van der Waals surface area (Å²) in [6.45, 7) is 1.51. The monoisotopic (exact) mass is 311 g/mol. The highest BCUT2D eigenvalue weighted by Crippen LogP contribution is 2.43. The Morgan fingerprint density at radius 2 is 2.11 bits per heavy atom. The molecule has 18 heavy (non-hydrogen) atoms. The molecule has 0 spiro atoms. The van der Waals surface area contributed by atoms with E-state index in [1.54, 1.807) is 12.1 Å². The Morgan fingerprint density at radius 1 is 1.44 bits per heavy atom. The molecule has 0 bridgehead atoms. The minimum Gasteiger partial charge on any atom is -0.243 e. The van der Waals surface area contributed by atoms with Gasteiger partial charge in [0.2, 0.25) is 6.08 Å². The Labute approximate surface area is 114 Å². The largest absolute Gasteiger partial charge is 0.243 e. The Balaban J connectivity index is 2.44. The topological polar surface area (TPSA) is 29.4 Å². The molecule has 0 amide bonds. The highest BCUT2D eigenvalue weighted by molar-refractivity contribution is 9.10. The molecule has 1 aliphatic carbocycles. The zero-order valence-electron chi connectivity index (χ0n) is 10.2. The molecular formula is C14H15BrFNO. The summed E-state index contributed by atoms with van der Waals surface area (Å²) in [5.74, 6) is 0. The summed E-state index contributed by atoms with van der Waals surface area (Å²) in [4.78, 5) is 14.7. The lowest BCUT2D eigenvalue weighted by molar-refractivity contribution is 0.372. The number of hydrogen-bond donors (Lipinski definition) is 0. The first-order valence-corrected chi connectivity index (χ1v) is 6.91. The summed E-state index contributed by atoms with van der Waals surface area (Å²) >= 11 is 3.39. The molecule has 1 aliphatic rings. The van der Waals surface area contributed by atoms with Crippen LogP contribution in [0.2, 0.25) is 0 Å². The van der Waals surface area contributed by atoms with E-state index in [-0.39, 0.29) is 0 Å². The van der Waals surface area contributed by atoms with Gasteiger partial charge >= 0.3 is 0 Å². The molecule has 1 aromatic rings. The van der Waals surface area contributed by atoms with E-state index in [0.29, 0.717) is 5.56 Å². The first-order valence-electron chi connectivity index (χ1n) is 6.12. The number of alkyl halides is 1. The standard InChI is InChI=1S/C14H15BrFNO/c1-10(16)12-5-4-11(8-13(12)15)14(17-9-18)6-2-3-7-14/h4-5,8,10H,2-3,6-7H2,1H3. The van der Waals surface area contributed by atoms with Gasteiger partial charge in [0.05, 0.1) is 5.54 Å². The van der Waals surface area contributed by atoms with Crippen molar-refractivity contribution in [2.75, 3.05) is 0 Å². The number of halogens is 2. The third kappa shape index (κ3) is 2.40. The Bertz CT molecular complexity index is 489. The smallest absolute Gasteiger partial charge is 0.235 e. The summed E-state index contributed by atoms with van der Waals surface area (Å²) < 4.78 is 14.1. The summed E-state index contributed by atoms with van der Waals surface area (Å²) in [6, 6.07) is 5.53. The van der Waals surface area contributed by atoms with Crippen molar-refractivity contribution in [1.82, 2.24) is 0 Å². The molecule has 96 valence electrons. The SMILES string of the molecule is CC(F)c1ccc(C2(N=C=O)CCCC2)cc1Br. The van der Waals surface area contributed by atoms with Gasteiger partial charge in [-0.15, -0.1) is 0 Å². The van der Waals surface area contributed by atoms with E-state index < -0.39 is 11.7 Å². The molecule has 0 aromatic heterocycles. The molecule has 0 saturated heterocycles. The molecule has 0 N–H and O–H groups in total. The van der Waals surface area contributed by atoms with Gasteiger partial charge in [-0.25, -0.2) is 9.18 Å². The zero-order chi connectivity index (χ0) is 13.2. The fraction of sp³-hybridized carbons (Fsp3) is 0.500. The second-order valence-corrected chi connectivity index (χ2v) is 5.65. The van der Waals surface area contributed by atoms with Gasteiger partial charge < -0.3 is 0 Å². The summed E-state index contributed by atoms with van der Waals surface area (Å²) in [5.41, 5.74) is 1.16. The van der Waals surface area contributed by atoms with E-state index in [9.17, 15) is 9.18 Å². The number of isocyanates is 1. The van der Waals surface area contributed by atoms with Gasteiger partial charge in [-0.05, 0) is 37.0 Å². The van der Waals surface area contributed by atoms with Gasteiger partial charge in [-0.3, -0.25) is 0 Å². The lowest BCUT2D eigenvalue weighted by atomic mass is 9.88. The number of rotatable bonds is 3. The number of nitrogens with zero attached hydrogens (tertiary/aromatic N) is 1. The Kier molecular flexibility index (Phi) is 3.98. The van der Waals surface area contributed by atoms with Crippen LogP contribution in [0, 0.1) is 0 Å². The highest BCUT2D eigenvalue weighted by atomic mass is 79.9. The molecule has 1 unspecified atom stereocenters. The Hall–Kier alpha value is -0.990. The first kappa shape index (κ1) is 13.4. The first-order chi connectivity index (χ1) is 8.59. The average molecular weight is 312 g/mol. The van der Waals surface area contributed by atoms with Crippen LogP contribution in [0.25, 0.3) is 0 Å². The second-order valence-electron chi connectivity index (χ2n) is 4.79. The van der Waals surface area contributed by atoms with Crippen LogP contribution in [0.5, 0.6) is 0 Å². The molecule has 1 aromatic carbocycles. The van der Waals surface area contributed by atoms with Crippen LogP contribution in [-0.2, 0) is 10.3 Å². The van der Waals surface area contributed by atoms with Crippen molar-refractivity contribution in [3.63, 3.8) is 0 Å². The maximum absolute atomic E-state index is 13.3. The van der Waals surface area contributed by atoms with Crippen molar-refractivity contribution < 1.29 is 9.18 Å². The van der Waals surface area contributed by atoms with Crippen LogP contribution in [0.3, 0.4) is 0 Å². The van der Waals surface area contributed by atoms with E-state index in [0.717, 1.165) is 35.7 Å². The van der Waals surface area contributed by atoms with Gasteiger partial charge in [-0.2, -0.15) is 4.99 Å². The number of benzene rings is 1. The molecule has 1 fully saturated rings. The third-order valence-electron chi connectivity index (χ3n) is 3.66. The predicted molar refractivity (Wildman–Crippen MR) is 71.9 cm³/mol. The average Bonchev–Trinajstić information content (AvgIpc) is 2.78. The van der Waals surface area contributed by atoms with Crippen molar-refractivity contribution in [3.05, 3.63) is 33.8 Å². The molecule has 4 heteroatoms. The normalized spacial score (nSPS) is 19.3. The molecule has 1 atom stereocenters. The predicted octanol–water partition coefficient (Wildman–Crippen LogP) is 4.58. The molecule has 2 nitrogen and oxygen atoms in total. The van der Waals surface area contributed by atoms with Crippen LogP contribution < -0.4 is 0 Å². The number of carbonyl (C=O) groups excluding carboxylic acids is 1. The van der Waals surface area contributed by atoms with Crippen LogP contribution in [0.4, 0.5) is 4.39 Å². The van der Waals surface area contributed by atoms with Gasteiger partial charge in [-0.1, -0.05) is 40.9 Å². The van der Waals surface area contributed by atoms with E-state index in [2.05, 4.69) is 20.9 Å². The summed E-state index contributed by atoms with van der Waals surface area (Å²) in [6.07, 6.45) is 4.52. The van der Waals surface area contributed by atoms with Gasteiger partial charge in [0.15, 0.2) is 0 Å². The van der Waals surface area contributed by atoms with Crippen LogP contribution >= 0.6 is 15.9 Å². The zero-order valence-corrected chi connectivity index (χ0v) is 11.8.